The van der Waals surface area contributed by atoms with Gasteiger partial charge in [-0.3, -0.25) is 0 Å². The first-order valence-corrected chi connectivity index (χ1v) is 6.78. The summed E-state index contributed by atoms with van der Waals surface area (Å²) in [6.07, 6.45) is 2.70. The minimum Gasteiger partial charge on any atom is -0.493 e. The van der Waals surface area contributed by atoms with E-state index in [4.69, 9.17) is 4.74 Å². The minimum atomic E-state index is -0.633. The lowest BCUT2D eigenvalue weighted by Gasteiger charge is -2.23. The average Bonchev–Trinajstić information content (AvgIpc) is 2.81. The third kappa shape index (κ3) is 3.47. The molecule has 0 saturated carbocycles. The third-order valence-electron chi connectivity index (χ3n) is 3.46. The zero-order valence-electron chi connectivity index (χ0n) is 11.3. The molecule has 0 radical (unpaired) electrons. The summed E-state index contributed by atoms with van der Waals surface area (Å²) in [7, 11) is 0. The van der Waals surface area contributed by atoms with Crippen LogP contribution in [0.3, 0.4) is 0 Å². The fourth-order valence-corrected chi connectivity index (χ4v) is 2.29. The molecule has 0 fully saturated rings. The first kappa shape index (κ1) is 13.4. The van der Waals surface area contributed by atoms with Crippen LogP contribution in [0.2, 0.25) is 0 Å². The highest BCUT2D eigenvalue weighted by atomic mass is 16.5. The van der Waals surface area contributed by atoms with Crippen LogP contribution in [0.5, 0.6) is 5.75 Å². The SMILES string of the molecule is CCNCC(C)(O)CCc1ccc2c(c1)CCO2. The van der Waals surface area contributed by atoms with Crippen molar-refractivity contribution in [3.8, 4) is 5.75 Å². The summed E-state index contributed by atoms with van der Waals surface area (Å²) in [4.78, 5) is 0. The molecule has 1 aliphatic rings. The molecule has 2 N–H and O–H groups in total. The molecule has 0 saturated heterocycles. The summed E-state index contributed by atoms with van der Waals surface area (Å²) in [6, 6.07) is 6.37. The Morgan fingerprint density at radius 2 is 2.28 bits per heavy atom. The fourth-order valence-electron chi connectivity index (χ4n) is 2.29. The Balaban J connectivity index is 1.90. The van der Waals surface area contributed by atoms with E-state index in [0.29, 0.717) is 6.54 Å². The summed E-state index contributed by atoms with van der Waals surface area (Å²) in [5, 5.41) is 13.4. The number of ether oxygens (including phenoxy) is 1. The van der Waals surface area contributed by atoms with Gasteiger partial charge in [0.15, 0.2) is 0 Å². The van der Waals surface area contributed by atoms with Gasteiger partial charge < -0.3 is 15.2 Å². The number of aliphatic hydroxyl groups is 1. The highest BCUT2D eigenvalue weighted by molar-refractivity contribution is 5.39. The largest absolute Gasteiger partial charge is 0.493 e. The molecule has 1 aliphatic heterocycles. The van der Waals surface area contributed by atoms with E-state index in [1.54, 1.807) is 0 Å². The van der Waals surface area contributed by atoms with Crippen molar-refractivity contribution in [1.82, 2.24) is 5.32 Å². The number of aryl methyl sites for hydroxylation is 1. The van der Waals surface area contributed by atoms with Crippen molar-refractivity contribution in [3.05, 3.63) is 29.3 Å². The molecule has 1 heterocycles. The zero-order valence-corrected chi connectivity index (χ0v) is 11.3. The number of hydrogen-bond acceptors (Lipinski definition) is 3. The van der Waals surface area contributed by atoms with Gasteiger partial charge in [-0.25, -0.2) is 0 Å². The van der Waals surface area contributed by atoms with Crippen LogP contribution in [-0.2, 0) is 12.8 Å². The van der Waals surface area contributed by atoms with Gasteiger partial charge in [0.1, 0.15) is 5.75 Å². The van der Waals surface area contributed by atoms with Crippen LogP contribution in [0.25, 0.3) is 0 Å². The van der Waals surface area contributed by atoms with E-state index in [9.17, 15) is 5.11 Å². The maximum Gasteiger partial charge on any atom is 0.122 e. The number of likely N-dealkylation sites (N-methyl/N-ethyl adjacent to an activating group) is 1. The lowest BCUT2D eigenvalue weighted by Crippen LogP contribution is -2.38. The molecule has 0 bridgehead atoms. The third-order valence-corrected chi connectivity index (χ3v) is 3.46. The van der Waals surface area contributed by atoms with Gasteiger partial charge in [0, 0.05) is 13.0 Å². The maximum absolute atomic E-state index is 10.2. The van der Waals surface area contributed by atoms with Crippen molar-refractivity contribution in [1.29, 1.82) is 0 Å². The van der Waals surface area contributed by atoms with Crippen LogP contribution >= 0.6 is 0 Å². The quantitative estimate of drug-likeness (QED) is 0.809. The van der Waals surface area contributed by atoms with Gasteiger partial charge in [-0.05, 0) is 43.5 Å². The Kier molecular flexibility index (Phi) is 4.25. The molecule has 1 aromatic rings. The molecule has 100 valence electrons. The molecule has 2 rings (SSSR count). The van der Waals surface area contributed by atoms with Crippen molar-refractivity contribution in [3.63, 3.8) is 0 Å². The number of rotatable bonds is 6. The van der Waals surface area contributed by atoms with Crippen molar-refractivity contribution in [2.24, 2.45) is 0 Å². The average molecular weight is 249 g/mol. The summed E-state index contributed by atoms with van der Waals surface area (Å²) in [6.45, 7) is 6.30. The van der Waals surface area contributed by atoms with Crippen LogP contribution < -0.4 is 10.1 Å². The molecule has 18 heavy (non-hydrogen) atoms. The highest BCUT2D eigenvalue weighted by Crippen LogP contribution is 2.26. The minimum absolute atomic E-state index is 0.633. The maximum atomic E-state index is 10.2. The predicted octanol–water partition coefficient (Wildman–Crippen LogP) is 1.91. The smallest absolute Gasteiger partial charge is 0.122 e. The van der Waals surface area contributed by atoms with Crippen molar-refractivity contribution in [2.45, 2.75) is 38.7 Å². The number of benzene rings is 1. The molecular formula is C15H23NO2. The molecule has 1 unspecified atom stereocenters. The topological polar surface area (TPSA) is 41.5 Å². The number of nitrogens with one attached hydrogen (secondary N) is 1. The molecule has 3 nitrogen and oxygen atoms in total. The van der Waals surface area contributed by atoms with E-state index < -0.39 is 5.60 Å². The lowest BCUT2D eigenvalue weighted by molar-refractivity contribution is 0.0517. The van der Waals surface area contributed by atoms with Crippen LogP contribution in [0.4, 0.5) is 0 Å². The Labute approximate surface area is 109 Å². The number of hydrogen-bond donors (Lipinski definition) is 2. The molecule has 1 aromatic carbocycles. The van der Waals surface area contributed by atoms with Gasteiger partial charge in [-0.1, -0.05) is 19.1 Å². The Hall–Kier alpha value is -1.06. The van der Waals surface area contributed by atoms with E-state index in [1.165, 1.54) is 11.1 Å². The van der Waals surface area contributed by atoms with E-state index in [0.717, 1.165) is 38.2 Å². The molecule has 0 spiro atoms. The molecule has 0 amide bonds. The second-order valence-electron chi connectivity index (χ2n) is 5.32. The normalized spacial score (nSPS) is 17.1. The van der Waals surface area contributed by atoms with Crippen LogP contribution in [0, 0.1) is 0 Å². The van der Waals surface area contributed by atoms with Gasteiger partial charge in [0.25, 0.3) is 0 Å². The lowest BCUT2D eigenvalue weighted by atomic mass is 9.95. The van der Waals surface area contributed by atoms with Crippen molar-refractivity contribution < 1.29 is 9.84 Å². The Morgan fingerprint density at radius 3 is 3.06 bits per heavy atom. The van der Waals surface area contributed by atoms with Crippen LogP contribution in [0.15, 0.2) is 18.2 Å². The van der Waals surface area contributed by atoms with E-state index in [-0.39, 0.29) is 0 Å². The summed E-state index contributed by atoms with van der Waals surface area (Å²) in [5.41, 5.74) is 1.96. The summed E-state index contributed by atoms with van der Waals surface area (Å²) >= 11 is 0. The van der Waals surface area contributed by atoms with Gasteiger partial charge in [-0.2, -0.15) is 0 Å². The highest BCUT2D eigenvalue weighted by Gasteiger charge is 2.20. The summed E-state index contributed by atoms with van der Waals surface area (Å²) < 4.78 is 5.49. The predicted molar refractivity (Wildman–Crippen MR) is 73.1 cm³/mol. The standard InChI is InChI=1S/C15H23NO2/c1-3-16-11-15(2,17)8-6-12-4-5-14-13(10-12)7-9-18-14/h4-5,10,16-17H,3,6-9,11H2,1-2H3. The van der Waals surface area contributed by atoms with E-state index in [1.807, 2.05) is 6.92 Å². The van der Waals surface area contributed by atoms with Gasteiger partial charge >= 0.3 is 0 Å². The van der Waals surface area contributed by atoms with Gasteiger partial charge in [0.2, 0.25) is 0 Å². The van der Waals surface area contributed by atoms with Crippen LogP contribution in [0.1, 0.15) is 31.4 Å². The summed E-state index contributed by atoms with van der Waals surface area (Å²) in [5.74, 6) is 1.03. The molecule has 1 atom stereocenters. The Bertz CT molecular complexity index is 401. The van der Waals surface area contributed by atoms with Gasteiger partial charge in [0.05, 0.1) is 12.2 Å². The number of fused-ring (bicyclic) bond motifs is 1. The monoisotopic (exact) mass is 249 g/mol. The first-order chi connectivity index (χ1) is 8.61. The van der Waals surface area contributed by atoms with Crippen LogP contribution in [-0.4, -0.2) is 30.4 Å². The van der Waals surface area contributed by atoms with Crippen molar-refractivity contribution in [2.75, 3.05) is 19.7 Å². The zero-order chi connectivity index (χ0) is 13.0. The van der Waals surface area contributed by atoms with E-state index >= 15 is 0 Å². The second-order valence-corrected chi connectivity index (χ2v) is 5.32. The first-order valence-electron chi connectivity index (χ1n) is 6.78. The second kappa shape index (κ2) is 5.72. The Morgan fingerprint density at radius 1 is 1.44 bits per heavy atom. The molecule has 0 aromatic heterocycles. The van der Waals surface area contributed by atoms with E-state index in [2.05, 4.69) is 30.4 Å². The fraction of sp³-hybridized carbons (Fsp3) is 0.600. The molecule has 3 heteroatoms. The van der Waals surface area contributed by atoms with Crippen molar-refractivity contribution >= 4 is 0 Å². The van der Waals surface area contributed by atoms with Gasteiger partial charge in [-0.15, -0.1) is 0 Å². The molecular weight excluding hydrogens is 226 g/mol. The molecule has 0 aliphatic carbocycles.